The fraction of sp³-hybridized carbons (Fsp3) is 0.231. The Labute approximate surface area is 211 Å². The lowest BCUT2D eigenvalue weighted by Crippen LogP contribution is -2.31. The minimum Gasteiger partial charge on any atom is -0.490 e. The van der Waals surface area contributed by atoms with Crippen molar-refractivity contribution in [1.82, 2.24) is 4.90 Å². The maximum absolute atomic E-state index is 12.6. The highest BCUT2D eigenvalue weighted by atomic mass is 79.9. The molecule has 0 radical (unpaired) electrons. The van der Waals surface area contributed by atoms with Crippen LogP contribution in [0.15, 0.2) is 64.0 Å². The van der Waals surface area contributed by atoms with Gasteiger partial charge >= 0.3 is 0 Å². The van der Waals surface area contributed by atoms with E-state index < -0.39 is 0 Å². The summed E-state index contributed by atoms with van der Waals surface area (Å²) in [4.78, 5) is 26.4. The van der Waals surface area contributed by atoms with Crippen molar-refractivity contribution in [2.45, 2.75) is 13.5 Å². The molecule has 34 heavy (non-hydrogen) atoms. The van der Waals surface area contributed by atoms with E-state index in [0.717, 1.165) is 33.7 Å². The Morgan fingerprint density at radius 3 is 2.65 bits per heavy atom. The lowest BCUT2D eigenvalue weighted by molar-refractivity contribution is -0.123. The van der Waals surface area contributed by atoms with Crippen LogP contribution in [0.5, 0.6) is 11.5 Å². The Balaban J connectivity index is 1.59. The van der Waals surface area contributed by atoms with Crippen LogP contribution in [-0.2, 0) is 16.1 Å². The van der Waals surface area contributed by atoms with Gasteiger partial charge in [0.05, 0.1) is 29.1 Å². The van der Waals surface area contributed by atoms with Crippen molar-refractivity contribution in [2.24, 2.45) is 0 Å². The van der Waals surface area contributed by atoms with Crippen molar-refractivity contribution in [3.8, 4) is 11.5 Å². The van der Waals surface area contributed by atoms with Gasteiger partial charge in [0.25, 0.3) is 11.1 Å². The predicted molar refractivity (Wildman–Crippen MR) is 138 cm³/mol. The zero-order valence-electron chi connectivity index (χ0n) is 18.9. The van der Waals surface area contributed by atoms with Gasteiger partial charge in [-0.2, -0.15) is 0 Å². The number of benzene rings is 3. The molecule has 2 amide bonds. The number of imide groups is 1. The number of methoxy groups -OCH3 is 1. The van der Waals surface area contributed by atoms with E-state index in [0.29, 0.717) is 40.7 Å². The number of fused-ring (bicyclic) bond motifs is 1. The summed E-state index contributed by atoms with van der Waals surface area (Å²) < 4.78 is 17.7. The number of carbonyl (C=O) groups excluding carboxylic acids is 2. The summed E-state index contributed by atoms with van der Waals surface area (Å²) in [5.74, 6) is 0.819. The van der Waals surface area contributed by atoms with Crippen LogP contribution < -0.4 is 9.47 Å². The van der Waals surface area contributed by atoms with Gasteiger partial charge < -0.3 is 14.2 Å². The molecule has 0 aliphatic carbocycles. The number of ether oxygens (including phenoxy) is 3. The molecule has 0 unspecified atom stereocenters. The molecule has 0 atom stereocenters. The van der Waals surface area contributed by atoms with Crippen molar-refractivity contribution >= 4 is 55.7 Å². The van der Waals surface area contributed by atoms with Gasteiger partial charge in [0, 0.05) is 7.11 Å². The molecule has 0 saturated carbocycles. The largest absolute Gasteiger partial charge is 0.490 e. The van der Waals surface area contributed by atoms with Crippen LogP contribution >= 0.6 is 27.7 Å². The molecular weight excluding hydrogens is 518 g/mol. The molecule has 4 rings (SSSR count). The van der Waals surface area contributed by atoms with Gasteiger partial charge in [-0.1, -0.05) is 42.5 Å². The lowest BCUT2D eigenvalue weighted by atomic mass is 10.1. The molecule has 0 spiro atoms. The zero-order chi connectivity index (χ0) is 24.1. The smallest absolute Gasteiger partial charge is 0.293 e. The highest BCUT2D eigenvalue weighted by molar-refractivity contribution is 9.10. The van der Waals surface area contributed by atoms with Gasteiger partial charge in [-0.15, -0.1) is 0 Å². The van der Waals surface area contributed by atoms with Crippen molar-refractivity contribution in [3.63, 3.8) is 0 Å². The van der Waals surface area contributed by atoms with E-state index in [4.69, 9.17) is 14.2 Å². The van der Waals surface area contributed by atoms with Crippen LogP contribution in [0, 0.1) is 0 Å². The number of rotatable bonds is 9. The van der Waals surface area contributed by atoms with E-state index in [2.05, 4.69) is 34.1 Å². The van der Waals surface area contributed by atoms with E-state index in [1.54, 1.807) is 6.08 Å². The van der Waals surface area contributed by atoms with Gasteiger partial charge in [-0.3, -0.25) is 14.5 Å². The average molecular weight is 542 g/mol. The topological polar surface area (TPSA) is 65.1 Å². The normalized spacial score (nSPS) is 14.9. The molecule has 3 aromatic carbocycles. The second kappa shape index (κ2) is 11.1. The first-order valence-corrected chi connectivity index (χ1v) is 12.4. The number of carbonyl (C=O) groups is 2. The van der Waals surface area contributed by atoms with Crippen LogP contribution in [-0.4, -0.2) is 42.9 Å². The zero-order valence-corrected chi connectivity index (χ0v) is 21.3. The van der Waals surface area contributed by atoms with Gasteiger partial charge in [-0.05, 0) is 74.7 Å². The number of thioether (sulfide) groups is 1. The molecule has 176 valence electrons. The van der Waals surface area contributed by atoms with Crippen LogP contribution in [0.3, 0.4) is 0 Å². The maximum atomic E-state index is 12.6. The van der Waals surface area contributed by atoms with E-state index >= 15 is 0 Å². The summed E-state index contributed by atoms with van der Waals surface area (Å²) in [6.45, 7) is 3.25. The Hall–Kier alpha value is -2.81. The van der Waals surface area contributed by atoms with Gasteiger partial charge in [0.15, 0.2) is 11.5 Å². The molecule has 3 aromatic rings. The van der Waals surface area contributed by atoms with E-state index in [9.17, 15) is 9.59 Å². The van der Waals surface area contributed by atoms with Crippen molar-refractivity contribution in [1.29, 1.82) is 0 Å². The molecule has 1 heterocycles. The molecule has 1 aliphatic rings. The summed E-state index contributed by atoms with van der Waals surface area (Å²) in [5, 5.41) is 2.00. The van der Waals surface area contributed by atoms with Crippen LogP contribution in [0.25, 0.3) is 16.8 Å². The molecule has 0 bridgehead atoms. The molecular formula is C26H24BrNO5S. The van der Waals surface area contributed by atoms with E-state index in [1.807, 2.05) is 43.3 Å². The van der Waals surface area contributed by atoms with Gasteiger partial charge in [-0.25, -0.2) is 0 Å². The third kappa shape index (κ3) is 5.29. The van der Waals surface area contributed by atoms with Crippen molar-refractivity contribution < 1.29 is 23.8 Å². The Morgan fingerprint density at radius 2 is 1.85 bits per heavy atom. The third-order valence-electron chi connectivity index (χ3n) is 5.27. The van der Waals surface area contributed by atoms with Gasteiger partial charge in [0.1, 0.15) is 6.61 Å². The monoisotopic (exact) mass is 541 g/mol. The summed E-state index contributed by atoms with van der Waals surface area (Å²) in [7, 11) is 1.53. The maximum Gasteiger partial charge on any atom is 0.293 e. The highest BCUT2D eigenvalue weighted by Crippen LogP contribution is 2.40. The summed E-state index contributed by atoms with van der Waals surface area (Å²) >= 11 is 4.51. The fourth-order valence-electron chi connectivity index (χ4n) is 3.67. The van der Waals surface area contributed by atoms with Crippen LogP contribution in [0.1, 0.15) is 18.1 Å². The molecule has 1 saturated heterocycles. The first-order chi connectivity index (χ1) is 16.5. The lowest BCUT2D eigenvalue weighted by Gasteiger charge is -2.16. The van der Waals surface area contributed by atoms with Crippen LogP contribution in [0.4, 0.5) is 4.79 Å². The van der Waals surface area contributed by atoms with Crippen molar-refractivity contribution in [3.05, 3.63) is 75.1 Å². The van der Waals surface area contributed by atoms with E-state index in [1.165, 1.54) is 12.0 Å². The van der Waals surface area contributed by atoms with Crippen molar-refractivity contribution in [2.75, 3.05) is 26.9 Å². The standard InChI is InChI=1S/C26H24BrNO5S/c1-3-32-22-14-17(15-23-25(29)28(11-12-31-2)26(30)34-23)13-21(27)24(22)33-16-19-9-6-8-18-7-4-5-10-20(18)19/h4-10,13-15H,3,11-12,16H2,1-2H3/b23-15+. The summed E-state index contributed by atoms with van der Waals surface area (Å²) in [6, 6.07) is 18.0. The van der Waals surface area contributed by atoms with E-state index in [-0.39, 0.29) is 17.7 Å². The number of hydrogen-bond donors (Lipinski definition) is 0. The molecule has 1 fully saturated rings. The first-order valence-electron chi connectivity index (χ1n) is 10.8. The Bertz CT molecular complexity index is 1250. The first kappa shape index (κ1) is 24.3. The number of amides is 2. The average Bonchev–Trinajstić information content (AvgIpc) is 3.09. The number of nitrogens with zero attached hydrogens (tertiary/aromatic N) is 1. The predicted octanol–water partition coefficient (Wildman–Crippen LogP) is 6.26. The molecule has 0 N–H and O–H groups in total. The minimum atomic E-state index is -0.322. The number of hydrogen-bond acceptors (Lipinski definition) is 6. The van der Waals surface area contributed by atoms with Gasteiger partial charge in [0.2, 0.25) is 0 Å². The summed E-state index contributed by atoms with van der Waals surface area (Å²) in [6.07, 6.45) is 1.69. The van der Waals surface area contributed by atoms with Crippen LogP contribution in [0.2, 0.25) is 0 Å². The molecule has 6 nitrogen and oxygen atoms in total. The molecule has 1 aliphatic heterocycles. The second-order valence-electron chi connectivity index (χ2n) is 7.52. The molecule has 0 aromatic heterocycles. The Morgan fingerprint density at radius 1 is 1.06 bits per heavy atom. The quantitative estimate of drug-likeness (QED) is 0.298. The summed E-state index contributed by atoms with van der Waals surface area (Å²) in [5.41, 5.74) is 1.80. The number of halogens is 1. The Kier molecular flexibility index (Phi) is 7.92. The third-order valence-corrected chi connectivity index (χ3v) is 6.77. The SMILES string of the molecule is CCOc1cc(/C=C2/SC(=O)N(CCOC)C2=O)cc(Br)c1OCc1cccc2ccccc12. The fourth-order valence-corrected chi connectivity index (χ4v) is 5.11. The molecule has 8 heteroatoms. The second-order valence-corrected chi connectivity index (χ2v) is 9.36. The highest BCUT2D eigenvalue weighted by Gasteiger charge is 2.34. The minimum absolute atomic E-state index is 0.230.